The SMILES string of the molecule is CCc1ccc(Oc2ccc([C@H]3[C@H](O)CN(C(=O)[C@H](C)N)C[C@@H]3OCc3ccc4c(c3)N(CCCOC)CCO4)cc2)cc1. The standard InChI is InChI=1S/C35H45N3O6/c1-4-25-6-11-28(12-7-25)44-29-13-9-27(10-14-29)34-31(39)21-38(35(40)24(2)36)22-33(34)43-23-26-8-15-32-30(20-26)37(17-19-42-32)16-5-18-41-3/h6-15,20,24,31,33-34,39H,4-5,16-19,21-23,36H2,1-3H3/t24-,31+,33-,34-/m0/s1. The van der Waals surface area contributed by atoms with Crippen molar-refractivity contribution < 1.29 is 28.8 Å². The van der Waals surface area contributed by atoms with Crippen LogP contribution < -0.4 is 20.1 Å². The van der Waals surface area contributed by atoms with E-state index in [2.05, 4.69) is 30.0 Å². The van der Waals surface area contributed by atoms with E-state index in [-0.39, 0.29) is 18.4 Å². The van der Waals surface area contributed by atoms with Crippen molar-refractivity contribution in [3.8, 4) is 17.2 Å². The summed E-state index contributed by atoms with van der Waals surface area (Å²) in [5.74, 6) is 1.80. The Morgan fingerprint density at radius 3 is 2.43 bits per heavy atom. The molecule has 2 heterocycles. The third-order valence-electron chi connectivity index (χ3n) is 8.38. The molecular formula is C35H45N3O6. The zero-order chi connectivity index (χ0) is 31.1. The number of β-amino-alcohol motifs (C(OH)–C–C–N with tert-alkyl or cyclic N) is 1. The first kappa shape index (κ1) is 31.8. The number of carbonyl (C=O) groups is 1. The second kappa shape index (κ2) is 14.9. The number of aliphatic hydroxyl groups is 1. The number of rotatable bonds is 12. The molecule has 3 N–H and O–H groups in total. The Bertz CT molecular complexity index is 1360. The fourth-order valence-corrected chi connectivity index (χ4v) is 5.98. The third kappa shape index (κ3) is 7.71. The fourth-order valence-electron chi connectivity index (χ4n) is 5.98. The summed E-state index contributed by atoms with van der Waals surface area (Å²) in [4.78, 5) is 16.8. The number of fused-ring (bicyclic) bond motifs is 1. The largest absolute Gasteiger partial charge is 0.490 e. The van der Waals surface area contributed by atoms with Gasteiger partial charge in [0.05, 0.1) is 37.1 Å². The molecule has 1 saturated heterocycles. The second-order valence-electron chi connectivity index (χ2n) is 11.6. The van der Waals surface area contributed by atoms with Gasteiger partial charge in [0.15, 0.2) is 0 Å². The van der Waals surface area contributed by atoms with Crippen LogP contribution in [0.2, 0.25) is 0 Å². The molecule has 2 aliphatic rings. The van der Waals surface area contributed by atoms with Gasteiger partial charge in [0.2, 0.25) is 5.91 Å². The van der Waals surface area contributed by atoms with Crippen LogP contribution in [0.25, 0.3) is 0 Å². The van der Waals surface area contributed by atoms with Gasteiger partial charge in [-0.1, -0.05) is 37.3 Å². The normalized spacial score (nSPS) is 20.5. The van der Waals surface area contributed by atoms with Crippen LogP contribution in [0.5, 0.6) is 17.2 Å². The Hall–Kier alpha value is -3.63. The number of benzene rings is 3. The molecule has 0 unspecified atom stereocenters. The molecule has 9 nitrogen and oxygen atoms in total. The Labute approximate surface area is 260 Å². The Balaban J connectivity index is 1.32. The Morgan fingerprint density at radius 2 is 1.75 bits per heavy atom. The molecule has 0 radical (unpaired) electrons. The highest BCUT2D eigenvalue weighted by atomic mass is 16.5. The predicted octanol–water partition coefficient (Wildman–Crippen LogP) is 4.50. The monoisotopic (exact) mass is 603 g/mol. The number of hydrogen-bond acceptors (Lipinski definition) is 8. The maximum atomic E-state index is 12.9. The van der Waals surface area contributed by atoms with E-state index in [4.69, 9.17) is 24.7 Å². The lowest BCUT2D eigenvalue weighted by atomic mass is 9.84. The molecule has 4 atom stereocenters. The summed E-state index contributed by atoms with van der Waals surface area (Å²) in [5.41, 5.74) is 10.1. The summed E-state index contributed by atoms with van der Waals surface area (Å²) in [6.07, 6.45) is 0.637. The summed E-state index contributed by atoms with van der Waals surface area (Å²) in [5, 5.41) is 11.4. The predicted molar refractivity (Wildman–Crippen MR) is 171 cm³/mol. The lowest BCUT2D eigenvalue weighted by molar-refractivity contribution is -0.143. The number of anilines is 1. The van der Waals surface area contributed by atoms with E-state index in [1.165, 1.54) is 5.56 Å². The van der Waals surface area contributed by atoms with Gasteiger partial charge in [0, 0.05) is 39.3 Å². The second-order valence-corrected chi connectivity index (χ2v) is 11.6. The first-order valence-corrected chi connectivity index (χ1v) is 15.6. The van der Waals surface area contributed by atoms with E-state index in [1.807, 2.05) is 48.5 Å². The molecule has 1 fully saturated rings. The van der Waals surface area contributed by atoms with Gasteiger partial charge in [0.1, 0.15) is 23.9 Å². The first-order valence-electron chi connectivity index (χ1n) is 15.6. The van der Waals surface area contributed by atoms with Crippen LogP contribution in [0, 0.1) is 0 Å². The zero-order valence-corrected chi connectivity index (χ0v) is 26.0. The van der Waals surface area contributed by atoms with Crippen molar-refractivity contribution in [1.82, 2.24) is 4.90 Å². The summed E-state index contributed by atoms with van der Waals surface area (Å²) in [6, 6.07) is 21.3. The molecule has 0 saturated carbocycles. The summed E-state index contributed by atoms with van der Waals surface area (Å²) < 4.78 is 23.7. The highest BCUT2D eigenvalue weighted by Gasteiger charge is 2.40. The van der Waals surface area contributed by atoms with Crippen molar-refractivity contribution in [2.75, 3.05) is 51.4 Å². The van der Waals surface area contributed by atoms with Gasteiger partial charge in [-0.3, -0.25) is 4.79 Å². The minimum atomic E-state index is -0.821. The summed E-state index contributed by atoms with van der Waals surface area (Å²) in [6.45, 7) is 7.69. The number of nitrogens with two attached hydrogens (primary N) is 1. The highest BCUT2D eigenvalue weighted by molar-refractivity contribution is 5.81. The molecule has 0 aromatic heterocycles. The molecule has 236 valence electrons. The molecular weight excluding hydrogens is 558 g/mol. The molecule has 0 aliphatic carbocycles. The van der Waals surface area contributed by atoms with E-state index in [0.29, 0.717) is 32.1 Å². The lowest BCUT2D eigenvalue weighted by Crippen LogP contribution is -2.56. The van der Waals surface area contributed by atoms with Crippen molar-refractivity contribution in [3.63, 3.8) is 0 Å². The number of carbonyl (C=O) groups excluding carboxylic acids is 1. The van der Waals surface area contributed by atoms with Crippen molar-refractivity contribution in [2.24, 2.45) is 5.73 Å². The number of hydrogen-bond donors (Lipinski definition) is 2. The van der Waals surface area contributed by atoms with Gasteiger partial charge in [-0.25, -0.2) is 0 Å². The van der Waals surface area contributed by atoms with Gasteiger partial charge in [-0.2, -0.15) is 0 Å². The van der Waals surface area contributed by atoms with Gasteiger partial charge in [0.25, 0.3) is 0 Å². The summed E-state index contributed by atoms with van der Waals surface area (Å²) >= 11 is 0. The van der Waals surface area contributed by atoms with E-state index in [9.17, 15) is 9.90 Å². The number of likely N-dealkylation sites (tertiary alicyclic amines) is 1. The minimum Gasteiger partial charge on any atom is -0.490 e. The average molecular weight is 604 g/mol. The maximum absolute atomic E-state index is 12.9. The van der Waals surface area contributed by atoms with Crippen LogP contribution in [0.1, 0.15) is 42.9 Å². The Morgan fingerprint density at radius 1 is 1.05 bits per heavy atom. The molecule has 9 heteroatoms. The highest BCUT2D eigenvalue weighted by Crippen LogP contribution is 2.36. The molecule has 1 amide bonds. The van der Waals surface area contributed by atoms with E-state index in [0.717, 1.165) is 54.2 Å². The average Bonchev–Trinajstić information content (AvgIpc) is 3.04. The van der Waals surface area contributed by atoms with Crippen molar-refractivity contribution in [3.05, 3.63) is 83.4 Å². The van der Waals surface area contributed by atoms with Gasteiger partial charge in [-0.05, 0) is 72.9 Å². The number of aliphatic hydroxyl groups excluding tert-OH is 1. The Kier molecular flexibility index (Phi) is 10.8. The topological polar surface area (TPSA) is 107 Å². The van der Waals surface area contributed by atoms with Gasteiger partial charge < -0.3 is 39.6 Å². The lowest BCUT2D eigenvalue weighted by Gasteiger charge is -2.42. The van der Waals surface area contributed by atoms with E-state index in [1.54, 1.807) is 18.9 Å². The summed E-state index contributed by atoms with van der Waals surface area (Å²) in [7, 11) is 1.72. The molecule has 3 aromatic rings. The van der Waals surface area contributed by atoms with Crippen LogP contribution in [-0.2, 0) is 27.3 Å². The van der Waals surface area contributed by atoms with E-state index < -0.39 is 18.2 Å². The number of nitrogens with zero attached hydrogens (tertiary/aromatic N) is 2. The first-order chi connectivity index (χ1) is 21.4. The zero-order valence-electron chi connectivity index (χ0n) is 26.0. The molecule has 44 heavy (non-hydrogen) atoms. The third-order valence-corrected chi connectivity index (χ3v) is 8.38. The fraction of sp³-hybridized carbons (Fsp3) is 0.457. The number of methoxy groups -OCH3 is 1. The minimum absolute atomic E-state index is 0.194. The van der Waals surface area contributed by atoms with Crippen LogP contribution in [0.4, 0.5) is 5.69 Å². The number of aryl methyl sites for hydroxylation is 1. The van der Waals surface area contributed by atoms with E-state index >= 15 is 0 Å². The molecule has 0 spiro atoms. The van der Waals surface area contributed by atoms with Crippen LogP contribution in [-0.4, -0.2) is 80.7 Å². The van der Waals surface area contributed by atoms with Crippen molar-refractivity contribution >= 4 is 11.6 Å². The molecule has 0 bridgehead atoms. The van der Waals surface area contributed by atoms with Crippen LogP contribution in [0.15, 0.2) is 66.7 Å². The van der Waals surface area contributed by atoms with Crippen molar-refractivity contribution in [2.45, 2.75) is 57.5 Å². The number of amides is 1. The van der Waals surface area contributed by atoms with Gasteiger partial charge in [-0.15, -0.1) is 0 Å². The van der Waals surface area contributed by atoms with Gasteiger partial charge >= 0.3 is 0 Å². The molecule has 2 aliphatic heterocycles. The molecule has 3 aromatic carbocycles. The van der Waals surface area contributed by atoms with Crippen LogP contribution in [0.3, 0.4) is 0 Å². The maximum Gasteiger partial charge on any atom is 0.239 e. The smallest absolute Gasteiger partial charge is 0.239 e. The number of ether oxygens (including phenoxy) is 4. The quantitative estimate of drug-likeness (QED) is 0.292. The number of piperidine rings is 1. The van der Waals surface area contributed by atoms with Crippen LogP contribution >= 0.6 is 0 Å². The van der Waals surface area contributed by atoms with Crippen molar-refractivity contribution in [1.29, 1.82) is 0 Å². The molecule has 5 rings (SSSR count).